The summed E-state index contributed by atoms with van der Waals surface area (Å²) in [6.45, 7) is 10.3. The highest BCUT2D eigenvalue weighted by Crippen LogP contribution is 2.11. The third-order valence-corrected chi connectivity index (χ3v) is 4.48. The second-order valence-corrected chi connectivity index (χ2v) is 6.68. The van der Waals surface area contributed by atoms with Crippen molar-refractivity contribution < 1.29 is 9.59 Å². The van der Waals surface area contributed by atoms with Gasteiger partial charge in [0.1, 0.15) is 0 Å². The van der Waals surface area contributed by atoms with Gasteiger partial charge in [0.15, 0.2) is 0 Å². The topological polar surface area (TPSA) is 58.2 Å². The Morgan fingerprint density at radius 2 is 1.28 bits per heavy atom. The highest BCUT2D eigenvalue weighted by molar-refractivity contribution is 5.95. The highest BCUT2D eigenvalue weighted by atomic mass is 16.2. The maximum atomic E-state index is 12.3. The molecule has 132 valence electrons. The van der Waals surface area contributed by atoms with E-state index in [0.29, 0.717) is 17.7 Å². The third-order valence-electron chi connectivity index (χ3n) is 4.48. The number of carbonyl (C=O) groups excluding carboxylic acids is 2. The number of amides is 2. The van der Waals surface area contributed by atoms with Crippen molar-refractivity contribution in [1.29, 1.82) is 0 Å². The first-order chi connectivity index (χ1) is 11.8. The van der Waals surface area contributed by atoms with Crippen molar-refractivity contribution in [3.05, 3.63) is 69.8 Å². The molecular weight excluding hydrogens is 312 g/mol. The van der Waals surface area contributed by atoms with Crippen LogP contribution in [0.2, 0.25) is 0 Å². The average Bonchev–Trinajstić information content (AvgIpc) is 2.57. The molecule has 2 amide bonds. The first-order valence-electron chi connectivity index (χ1n) is 8.51. The molecule has 4 heteroatoms. The Morgan fingerprint density at radius 1 is 0.800 bits per heavy atom. The summed E-state index contributed by atoms with van der Waals surface area (Å²) >= 11 is 0. The van der Waals surface area contributed by atoms with Crippen LogP contribution in [0, 0.1) is 27.7 Å². The summed E-state index contributed by atoms with van der Waals surface area (Å²) in [6.07, 6.45) is 0. The van der Waals surface area contributed by atoms with Gasteiger partial charge >= 0.3 is 0 Å². The van der Waals surface area contributed by atoms with Crippen molar-refractivity contribution in [2.45, 2.75) is 40.7 Å². The van der Waals surface area contributed by atoms with Gasteiger partial charge in [-0.1, -0.05) is 12.1 Å². The number of benzene rings is 2. The van der Waals surface area contributed by atoms with Crippen LogP contribution in [0.5, 0.6) is 0 Å². The van der Waals surface area contributed by atoms with Crippen LogP contribution in [0.1, 0.15) is 49.9 Å². The third kappa shape index (κ3) is 4.92. The van der Waals surface area contributed by atoms with E-state index in [-0.39, 0.29) is 17.9 Å². The van der Waals surface area contributed by atoms with Gasteiger partial charge in [0, 0.05) is 23.7 Å². The van der Waals surface area contributed by atoms with E-state index in [4.69, 9.17) is 0 Å². The molecule has 0 spiro atoms. The summed E-state index contributed by atoms with van der Waals surface area (Å²) < 4.78 is 0. The summed E-state index contributed by atoms with van der Waals surface area (Å²) in [5.74, 6) is -0.258. The number of hydrogen-bond donors (Lipinski definition) is 2. The van der Waals surface area contributed by atoms with Gasteiger partial charge in [-0.05, 0) is 81.1 Å². The largest absolute Gasteiger partial charge is 0.350 e. The minimum absolute atomic E-state index is 0.129. The number of rotatable bonds is 5. The van der Waals surface area contributed by atoms with E-state index >= 15 is 0 Å². The summed E-state index contributed by atoms with van der Waals surface area (Å²) in [4.78, 5) is 24.5. The fourth-order valence-corrected chi connectivity index (χ4v) is 2.47. The number of carbonyl (C=O) groups is 2. The molecule has 0 saturated carbocycles. The maximum Gasteiger partial charge on any atom is 0.251 e. The van der Waals surface area contributed by atoms with Gasteiger partial charge in [-0.3, -0.25) is 9.59 Å². The molecule has 0 radical (unpaired) electrons. The van der Waals surface area contributed by atoms with Crippen molar-refractivity contribution in [2.24, 2.45) is 0 Å². The monoisotopic (exact) mass is 338 g/mol. The molecule has 0 bridgehead atoms. The van der Waals surface area contributed by atoms with E-state index in [1.54, 1.807) is 0 Å². The number of aryl methyl sites for hydroxylation is 4. The molecule has 1 atom stereocenters. The predicted octanol–water partition coefficient (Wildman–Crippen LogP) is 3.47. The minimum Gasteiger partial charge on any atom is -0.350 e. The number of nitrogens with one attached hydrogen (secondary N) is 2. The van der Waals surface area contributed by atoms with Gasteiger partial charge in [-0.2, -0.15) is 0 Å². The fourth-order valence-electron chi connectivity index (χ4n) is 2.47. The van der Waals surface area contributed by atoms with Crippen LogP contribution in [-0.2, 0) is 0 Å². The molecule has 25 heavy (non-hydrogen) atoms. The number of hydrogen-bond acceptors (Lipinski definition) is 2. The molecule has 2 aromatic carbocycles. The van der Waals surface area contributed by atoms with Crippen LogP contribution in [0.15, 0.2) is 36.4 Å². The zero-order valence-electron chi connectivity index (χ0n) is 15.6. The summed E-state index contributed by atoms with van der Waals surface area (Å²) in [5.41, 5.74) is 5.76. The lowest BCUT2D eigenvalue weighted by Crippen LogP contribution is -2.41. The molecule has 0 heterocycles. The molecule has 4 nitrogen and oxygen atoms in total. The van der Waals surface area contributed by atoms with Gasteiger partial charge in [-0.25, -0.2) is 0 Å². The molecule has 2 rings (SSSR count). The Bertz CT molecular complexity index is 796. The van der Waals surface area contributed by atoms with Crippen LogP contribution in [0.25, 0.3) is 0 Å². The zero-order valence-corrected chi connectivity index (χ0v) is 15.6. The Morgan fingerprint density at radius 3 is 1.76 bits per heavy atom. The van der Waals surface area contributed by atoms with Gasteiger partial charge in [0.05, 0.1) is 0 Å². The second-order valence-electron chi connectivity index (χ2n) is 6.68. The van der Waals surface area contributed by atoms with E-state index < -0.39 is 0 Å². The second kappa shape index (κ2) is 7.97. The molecule has 0 aliphatic carbocycles. The molecule has 0 aliphatic rings. The van der Waals surface area contributed by atoms with Gasteiger partial charge in [-0.15, -0.1) is 0 Å². The molecule has 0 unspecified atom stereocenters. The van der Waals surface area contributed by atoms with E-state index in [1.165, 1.54) is 0 Å². The van der Waals surface area contributed by atoms with Crippen LogP contribution < -0.4 is 10.6 Å². The first-order valence-corrected chi connectivity index (χ1v) is 8.51. The van der Waals surface area contributed by atoms with E-state index in [1.807, 2.05) is 71.0 Å². The molecule has 2 N–H and O–H groups in total. The van der Waals surface area contributed by atoms with Crippen molar-refractivity contribution in [3.63, 3.8) is 0 Å². The average molecular weight is 338 g/mol. The van der Waals surface area contributed by atoms with E-state index in [2.05, 4.69) is 10.6 Å². The van der Waals surface area contributed by atoms with Gasteiger partial charge in [0.2, 0.25) is 0 Å². The van der Waals surface area contributed by atoms with Crippen LogP contribution in [0.3, 0.4) is 0 Å². The fraction of sp³-hybridized carbons (Fsp3) is 0.333. The van der Waals surface area contributed by atoms with Crippen molar-refractivity contribution in [2.75, 3.05) is 6.54 Å². The van der Waals surface area contributed by atoms with Crippen molar-refractivity contribution >= 4 is 11.8 Å². The molecule has 2 aromatic rings. The lowest BCUT2D eigenvalue weighted by Gasteiger charge is -2.15. The summed E-state index contributed by atoms with van der Waals surface area (Å²) in [6, 6.07) is 11.1. The Kier molecular flexibility index (Phi) is 5.97. The zero-order chi connectivity index (χ0) is 18.6. The first kappa shape index (κ1) is 18.7. The van der Waals surface area contributed by atoms with E-state index in [0.717, 1.165) is 22.3 Å². The molecule has 0 aromatic heterocycles. The van der Waals surface area contributed by atoms with Crippen LogP contribution >= 0.6 is 0 Å². The molecule has 0 aliphatic heterocycles. The maximum absolute atomic E-state index is 12.3. The smallest absolute Gasteiger partial charge is 0.251 e. The predicted molar refractivity (Wildman–Crippen MR) is 101 cm³/mol. The van der Waals surface area contributed by atoms with Crippen molar-refractivity contribution in [1.82, 2.24) is 10.6 Å². The van der Waals surface area contributed by atoms with Crippen LogP contribution in [0.4, 0.5) is 0 Å². The SMILES string of the molecule is Cc1ccc(C(=O)NC[C@H](C)NC(=O)c2ccc(C)c(C)c2)cc1C. The standard InChI is InChI=1S/C21H26N2O2/c1-13-6-8-18(10-15(13)3)20(24)22-12-17(5)23-21(25)19-9-7-14(2)16(4)11-19/h6-11,17H,12H2,1-5H3,(H,22,24)(H,23,25)/t17-/m0/s1. The summed E-state index contributed by atoms with van der Waals surface area (Å²) in [5, 5.41) is 5.79. The van der Waals surface area contributed by atoms with Gasteiger partial charge < -0.3 is 10.6 Å². The molecular formula is C21H26N2O2. The molecule has 0 saturated heterocycles. The highest BCUT2D eigenvalue weighted by Gasteiger charge is 2.12. The minimum atomic E-state index is -0.162. The van der Waals surface area contributed by atoms with Crippen molar-refractivity contribution in [3.8, 4) is 0 Å². The molecule has 0 fully saturated rings. The Labute approximate surface area is 149 Å². The van der Waals surface area contributed by atoms with E-state index in [9.17, 15) is 9.59 Å². The quantitative estimate of drug-likeness (QED) is 0.877. The van der Waals surface area contributed by atoms with Gasteiger partial charge in [0.25, 0.3) is 11.8 Å². The summed E-state index contributed by atoms with van der Waals surface area (Å²) in [7, 11) is 0. The lowest BCUT2D eigenvalue weighted by molar-refractivity contribution is 0.0912. The lowest BCUT2D eigenvalue weighted by atomic mass is 10.1. The normalized spacial score (nSPS) is 11.7. The van der Waals surface area contributed by atoms with Crippen LogP contribution in [-0.4, -0.2) is 24.4 Å². The Hall–Kier alpha value is -2.62. The Balaban J connectivity index is 1.90.